The topological polar surface area (TPSA) is 73.9 Å². The van der Waals surface area contributed by atoms with Crippen LogP contribution in [0, 0.1) is 6.92 Å². The third kappa shape index (κ3) is 4.72. The van der Waals surface area contributed by atoms with Gasteiger partial charge in [0.25, 0.3) is 0 Å². The second kappa shape index (κ2) is 10.2. The molecule has 4 rings (SSSR count). The Morgan fingerprint density at radius 1 is 1.09 bits per heavy atom. The first-order valence-electron chi connectivity index (χ1n) is 11.7. The van der Waals surface area contributed by atoms with Crippen molar-refractivity contribution in [1.29, 1.82) is 0 Å². The third-order valence-corrected chi connectivity index (χ3v) is 6.32. The van der Waals surface area contributed by atoms with Crippen molar-refractivity contribution in [1.82, 2.24) is 5.32 Å². The lowest BCUT2D eigenvalue weighted by Crippen LogP contribution is -2.34. The van der Waals surface area contributed by atoms with E-state index in [1.807, 2.05) is 56.3 Å². The van der Waals surface area contributed by atoms with Gasteiger partial charge in [0, 0.05) is 34.9 Å². The zero-order chi connectivity index (χ0) is 24.2. The number of nitrogens with one attached hydrogen (secondary N) is 1. The molecule has 0 saturated carbocycles. The highest BCUT2D eigenvalue weighted by Crippen LogP contribution is 2.43. The normalized spacial score (nSPS) is 17.8. The number of allylic oxidation sites excluding steroid dienone is 3. The molecule has 2 aliphatic rings. The fourth-order valence-corrected chi connectivity index (χ4v) is 4.68. The predicted octanol–water partition coefficient (Wildman–Crippen LogP) is 5.11. The molecule has 1 atom stereocenters. The Balaban J connectivity index is 1.75. The summed E-state index contributed by atoms with van der Waals surface area (Å²) in [6.07, 6.45) is 2.06. The molecule has 0 radical (unpaired) electrons. The van der Waals surface area contributed by atoms with Gasteiger partial charge in [-0.15, -0.1) is 0 Å². The molecule has 0 fully saturated rings. The second-order valence-electron chi connectivity index (χ2n) is 8.66. The number of dihydropyridines is 1. The lowest BCUT2D eigenvalue weighted by molar-refractivity contribution is -0.138. The minimum absolute atomic E-state index is 0.0707. The molecule has 0 saturated heterocycles. The highest BCUT2D eigenvalue weighted by Gasteiger charge is 2.39. The van der Waals surface area contributed by atoms with Crippen molar-refractivity contribution >= 4 is 11.8 Å². The molecule has 1 heterocycles. The Morgan fingerprint density at radius 3 is 2.56 bits per heavy atom. The van der Waals surface area contributed by atoms with Crippen LogP contribution in [0.3, 0.4) is 0 Å². The van der Waals surface area contributed by atoms with Crippen LogP contribution in [0.2, 0.25) is 0 Å². The predicted molar refractivity (Wildman–Crippen MR) is 130 cm³/mol. The first-order chi connectivity index (χ1) is 16.4. The molecule has 34 heavy (non-hydrogen) atoms. The maximum absolute atomic E-state index is 13.1. The smallest absolute Gasteiger partial charge is 0.336 e. The lowest BCUT2D eigenvalue weighted by atomic mass is 9.75. The highest BCUT2D eigenvalue weighted by atomic mass is 16.5. The van der Waals surface area contributed by atoms with Crippen molar-refractivity contribution in [2.24, 2.45) is 0 Å². The summed E-state index contributed by atoms with van der Waals surface area (Å²) < 4.78 is 17.0. The summed E-state index contributed by atoms with van der Waals surface area (Å²) in [5.74, 6) is 0.617. The van der Waals surface area contributed by atoms with Gasteiger partial charge in [-0.1, -0.05) is 23.8 Å². The molecular formula is C28H31NO5. The van der Waals surface area contributed by atoms with Crippen LogP contribution in [0.15, 0.2) is 65.0 Å². The molecule has 178 valence electrons. The second-order valence-corrected chi connectivity index (χ2v) is 8.66. The molecule has 6 heteroatoms. The van der Waals surface area contributed by atoms with Gasteiger partial charge in [-0.05, 0) is 63.4 Å². The Labute approximate surface area is 200 Å². The van der Waals surface area contributed by atoms with E-state index in [-0.39, 0.29) is 12.4 Å². The first kappa shape index (κ1) is 23.6. The summed E-state index contributed by atoms with van der Waals surface area (Å²) in [7, 11) is 1.62. The van der Waals surface area contributed by atoms with Crippen LogP contribution in [0.5, 0.6) is 11.5 Å². The molecule has 2 aromatic rings. The van der Waals surface area contributed by atoms with Gasteiger partial charge in [-0.3, -0.25) is 4.79 Å². The number of hydrogen-bond acceptors (Lipinski definition) is 6. The highest BCUT2D eigenvalue weighted by molar-refractivity contribution is 6.03. The van der Waals surface area contributed by atoms with Gasteiger partial charge >= 0.3 is 5.97 Å². The number of carbonyl (C=O) groups is 2. The van der Waals surface area contributed by atoms with E-state index in [0.717, 1.165) is 46.7 Å². The van der Waals surface area contributed by atoms with E-state index in [0.29, 0.717) is 29.9 Å². The van der Waals surface area contributed by atoms with E-state index in [9.17, 15) is 9.59 Å². The van der Waals surface area contributed by atoms with E-state index in [2.05, 4.69) is 5.32 Å². The van der Waals surface area contributed by atoms with Crippen molar-refractivity contribution in [3.05, 3.63) is 81.7 Å². The molecule has 2 aromatic carbocycles. The van der Waals surface area contributed by atoms with Crippen molar-refractivity contribution in [3.63, 3.8) is 0 Å². The summed E-state index contributed by atoms with van der Waals surface area (Å²) in [6, 6.07) is 13.6. The molecule has 6 nitrogen and oxygen atoms in total. The van der Waals surface area contributed by atoms with E-state index in [1.54, 1.807) is 14.0 Å². The van der Waals surface area contributed by atoms with E-state index in [4.69, 9.17) is 14.2 Å². The minimum Gasteiger partial charge on any atom is -0.496 e. The van der Waals surface area contributed by atoms with Gasteiger partial charge < -0.3 is 19.5 Å². The van der Waals surface area contributed by atoms with Crippen molar-refractivity contribution in [2.45, 2.75) is 52.6 Å². The maximum Gasteiger partial charge on any atom is 0.336 e. The summed E-state index contributed by atoms with van der Waals surface area (Å²) >= 11 is 0. The summed E-state index contributed by atoms with van der Waals surface area (Å²) in [5, 5.41) is 3.31. The molecule has 1 aliphatic heterocycles. The van der Waals surface area contributed by atoms with Gasteiger partial charge in [0.1, 0.15) is 18.1 Å². The largest absolute Gasteiger partial charge is 0.496 e. The van der Waals surface area contributed by atoms with Crippen LogP contribution in [0.4, 0.5) is 0 Å². The Hall–Kier alpha value is -3.54. The average Bonchev–Trinajstić information content (AvgIpc) is 2.83. The number of rotatable bonds is 7. The molecule has 0 unspecified atom stereocenters. The number of methoxy groups -OCH3 is 1. The van der Waals surface area contributed by atoms with Gasteiger partial charge in [0.05, 0.1) is 19.3 Å². The number of ether oxygens (including phenoxy) is 3. The number of carbonyl (C=O) groups excluding carboxylic acids is 2. The van der Waals surface area contributed by atoms with Gasteiger partial charge in [0.2, 0.25) is 0 Å². The molecule has 0 bridgehead atoms. The number of esters is 1. The van der Waals surface area contributed by atoms with Crippen LogP contribution in [-0.4, -0.2) is 25.5 Å². The average molecular weight is 462 g/mol. The summed E-state index contributed by atoms with van der Waals surface area (Å²) in [4.78, 5) is 26.1. The molecule has 0 amide bonds. The van der Waals surface area contributed by atoms with Gasteiger partial charge in [-0.25, -0.2) is 4.79 Å². The van der Waals surface area contributed by atoms with Crippen LogP contribution < -0.4 is 14.8 Å². The third-order valence-electron chi connectivity index (χ3n) is 6.32. The first-order valence-corrected chi connectivity index (χ1v) is 11.7. The zero-order valence-electron chi connectivity index (χ0n) is 20.2. The van der Waals surface area contributed by atoms with E-state index < -0.39 is 11.9 Å². The SMILES string of the molecule is CCOC(=O)C1=C(C)NC2=C(C(=O)CCC2)[C@@H]1c1ccc(OC)c(COc2ccc(C)cc2)c1. The Bertz CT molecular complexity index is 1160. The van der Waals surface area contributed by atoms with Crippen molar-refractivity contribution in [3.8, 4) is 11.5 Å². The number of benzene rings is 2. The molecule has 0 aromatic heterocycles. The minimum atomic E-state index is -0.493. The number of aryl methyl sites for hydroxylation is 1. The Kier molecular flexibility index (Phi) is 7.06. The molecule has 1 N–H and O–H groups in total. The van der Waals surface area contributed by atoms with Crippen molar-refractivity contribution in [2.75, 3.05) is 13.7 Å². The van der Waals surface area contributed by atoms with Crippen LogP contribution in [0.25, 0.3) is 0 Å². The van der Waals surface area contributed by atoms with Crippen LogP contribution >= 0.6 is 0 Å². The number of ketones is 1. The quantitative estimate of drug-likeness (QED) is 0.578. The van der Waals surface area contributed by atoms with Crippen LogP contribution in [-0.2, 0) is 20.9 Å². The maximum atomic E-state index is 13.1. The molecular weight excluding hydrogens is 430 g/mol. The fraction of sp³-hybridized carbons (Fsp3) is 0.357. The van der Waals surface area contributed by atoms with Crippen molar-refractivity contribution < 1.29 is 23.8 Å². The summed E-state index contributed by atoms with van der Waals surface area (Å²) in [6.45, 7) is 6.24. The summed E-state index contributed by atoms with van der Waals surface area (Å²) in [5.41, 5.74) is 5.61. The Morgan fingerprint density at radius 2 is 1.85 bits per heavy atom. The van der Waals surface area contributed by atoms with E-state index >= 15 is 0 Å². The van der Waals surface area contributed by atoms with Crippen LogP contribution in [0.1, 0.15) is 55.7 Å². The molecule has 1 aliphatic carbocycles. The fourth-order valence-electron chi connectivity index (χ4n) is 4.68. The van der Waals surface area contributed by atoms with Gasteiger partial charge in [0.15, 0.2) is 5.78 Å². The zero-order valence-corrected chi connectivity index (χ0v) is 20.2. The van der Waals surface area contributed by atoms with Gasteiger partial charge in [-0.2, -0.15) is 0 Å². The standard InChI is InChI=1S/C28H31NO5/c1-5-33-28(31)25-18(3)29-22-7-6-8-23(30)27(22)26(25)19-11-14-24(32-4)20(15-19)16-34-21-12-9-17(2)10-13-21/h9-15,26,29H,5-8,16H2,1-4H3/t26-/m1/s1. The monoisotopic (exact) mass is 461 g/mol. The number of hydrogen-bond donors (Lipinski definition) is 1. The number of Topliss-reactive ketones (excluding diaryl/α,β-unsaturated/α-hetero) is 1. The molecule has 0 spiro atoms. The van der Waals surface area contributed by atoms with E-state index in [1.165, 1.54) is 0 Å². The lowest BCUT2D eigenvalue weighted by Gasteiger charge is -2.34.